The number of nitrogens with one attached hydrogen (secondary N) is 1. The first-order valence-corrected chi connectivity index (χ1v) is 6.59. The maximum atomic E-state index is 13.1. The molecule has 2 aromatic rings. The summed E-state index contributed by atoms with van der Waals surface area (Å²) in [6, 6.07) is 7.21. The molecule has 1 heterocycles. The Labute approximate surface area is 125 Å². The summed E-state index contributed by atoms with van der Waals surface area (Å²) in [6.45, 7) is 1.79. The summed E-state index contributed by atoms with van der Waals surface area (Å²) < 4.78 is 23.5. The fraction of sp³-hybridized carbons (Fsp3) is 0.133. The van der Waals surface area contributed by atoms with E-state index in [-0.39, 0.29) is 18.5 Å². The maximum absolute atomic E-state index is 13.1. The first kappa shape index (κ1) is 13.7. The van der Waals surface area contributed by atoms with Crippen LogP contribution in [0.5, 0.6) is 11.5 Å². The molecule has 1 amide bonds. The minimum atomic E-state index is -0.357. The number of rotatable bonds is 2. The highest BCUT2D eigenvalue weighted by Crippen LogP contribution is 2.39. The summed E-state index contributed by atoms with van der Waals surface area (Å²) in [5, 5.41) is 3.02. The second kappa shape index (κ2) is 5.26. The molecule has 108 valence electrons. The number of carbonyl (C=O) groups excluding carboxylic acids is 1. The molecule has 0 bridgehead atoms. The van der Waals surface area contributed by atoms with E-state index in [9.17, 15) is 9.18 Å². The average Bonchev–Trinajstić information content (AvgIpc) is 2.90. The number of benzene rings is 2. The lowest BCUT2D eigenvalue weighted by Crippen LogP contribution is -2.12. The Morgan fingerprint density at radius 2 is 2.10 bits per heavy atom. The summed E-state index contributed by atoms with van der Waals surface area (Å²) >= 11 is 6.04. The Hall–Kier alpha value is -2.27. The summed E-state index contributed by atoms with van der Waals surface area (Å²) in [7, 11) is 0. The molecule has 3 rings (SSSR count). The highest BCUT2D eigenvalue weighted by atomic mass is 35.5. The van der Waals surface area contributed by atoms with Gasteiger partial charge in [-0.15, -0.1) is 0 Å². The van der Waals surface area contributed by atoms with Gasteiger partial charge in [-0.05, 0) is 42.8 Å². The van der Waals surface area contributed by atoms with Crippen molar-refractivity contribution in [2.75, 3.05) is 12.1 Å². The zero-order valence-electron chi connectivity index (χ0n) is 11.1. The van der Waals surface area contributed by atoms with Crippen LogP contribution in [0.25, 0.3) is 0 Å². The van der Waals surface area contributed by atoms with Gasteiger partial charge in [0.15, 0.2) is 11.5 Å². The smallest absolute Gasteiger partial charge is 0.255 e. The molecule has 0 fully saturated rings. The molecule has 0 saturated carbocycles. The molecule has 1 N–H and O–H groups in total. The van der Waals surface area contributed by atoms with Crippen molar-refractivity contribution in [3.63, 3.8) is 0 Å². The zero-order chi connectivity index (χ0) is 15.0. The molecule has 4 nitrogen and oxygen atoms in total. The van der Waals surface area contributed by atoms with Crippen LogP contribution in [0.1, 0.15) is 15.9 Å². The standard InChI is InChI=1S/C15H11ClFNO3/c1-8-4-10(17)2-3-12(8)18-15(19)9-5-11(16)14-13(6-9)20-7-21-14/h2-6H,7H2,1H3,(H,18,19). The van der Waals surface area contributed by atoms with Crippen molar-refractivity contribution in [3.8, 4) is 11.5 Å². The lowest BCUT2D eigenvalue weighted by Gasteiger charge is -2.09. The number of halogens is 2. The van der Waals surface area contributed by atoms with E-state index in [1.165, 1.54) is 24.3 Å². The molecule has 0 aliphatic carbocycles. The Kier molecular flexibility index (Phi) is 3.43. The number of ether oxygens (including phenoxy) is 2. The third kappa shape index (κ3) is 2.64. The fourth-order valence-corrected chi connectivity index (χ4v) is 2.33. The molecule has 0 radical (unpaired) electrons. The van der Waals surface area contributed by atoms with Crippen LogP contribution in [0, 0.1) is 12.7 Å². The van der Waals surface area contributed by atoms with Crippen molar-refractivity contribution in [1.29, 1.82) is 0 Å². The molecule has 1 aliphatic heterocycles. The van der Waals surface area contributed by atoms with Crippen molar-refractivity contribution in [3.05, 3.63) is 52.3 Å². The van der Waals surface area contributed by atoms with Gasteiger partial charge in [0.25, 0.3) is 5.91 Å². The molecule has 2 aromatic carbocycles. The Morgan fingerprint density at radius 3 is 2.86 bits per heavy atom. The van der Waals surface area contributed by atoms with Gasteiger partial charge in [-0.2, -0.15) is 0 Å². The number of anilines is 1. The summed E-state index contributed by atoms with van der Waals surface area (Å²) in [4.78, 5) is 12.2. The van der Waals surface area contributed by atoms with Crippen LogP contribution in [-0.2, 0) is 0 Å². The van der Waals surface area contributed by atoms with Crippen molar-refractivity contribution in [2.24, 2.45) is 0 Å². The SMILES string of the molecule is Cc1cc(F)ccc1NC(=O)c1cc(Cl)c2c(c1)OCO2. The molecule has 0 spiro atoms. The van der Waals surface area contributed by atoms with Crippen molar-refractivity contribution in [1.82, 2.24) is 0 Å². The van der Waals surface area contributed by atoms with Gasteiger partial charge in [0.05, 0.1) is 5.02 Å². The van der Waals surface area contributed by atoms with Gasteiger partial charge in [-0.1, -0.05) is 11.6 Å². The van der Waals surface area contributed by atoms with Gasteiger partial charge >= 0.3 is 0 Å². The van der Waals surface area contributed by atoms with E-state index in [0.29, 0.717) is 33.3 Å². The average molecular weight is 308 g/mol. The van der Waals surface area contributed by atoms with E-state index < -0.39 is 0 Å². The second-order valence-corrected chi connectivity index (χ2v) is 5.01. The molecule has 21 heavy (non-hydrogen) atoms. The second-order valence-electron chi connectivity index (χ2n) is 4.61. The number of amides is 1. The van der Waals surface area contributed by atoms with E-state index in [1.807, 2.05) is 0 Å². The topological polar surface area (TPSA) is 47.6 Å². The van der Waals surface area contributed by atoms with Gasteiger partial charge in [-0.3, -0.25) is 4.79 Å². The van der Waals surface area contributed by atoms with Crippen LogP contribution < -0.4 is 14.8 Å². The van der Waals surface area contributed by atoms with Gasteiger partial charge < -0.3 is 14.8 Å². The van der Waals surface area contributed by atoms with E-state index in [2.05, 4.69) is 5.32 Å². The predicted octanol–water partition coefficient (Wildman–Crippen LogP) is 3.77. The molecular weight excluding hydrogens is 297 g/mol. The van der Waals surface area contributed by atoms with Gasteiger partial charge in [0.2, 0.25) is 6.79 Å². The van der Waals surface area contributed by atoms with Gasteiger partial charge in [0, 0.05) is 11.3 Å². The molecular formula is C15H11ClFNO3. The number of carbonyl (C=O) groups is 1. The Balaban J connectivity index is 1.87. The van der Waals surface area contributed by atoms with Crippen molar-refractivity contribution >= 4 is 23.2 Å². The third-order valence-electron chi connectivity index (χ3n) is 3.13. The maximum Gasteiger partial charge on any atom is 0.255 e. The number of aryl methyl sites for hydroxylation is 1. The fourth-order valence-electron chi connectivity index (χ4n) is 2.06. The molecule has 0 atom stereocenters. The minimum absolute atomic E-state index is 0.0806. The molecule has 0 unspecified atom stereocenters. The van der Waals surface area contributed by atoms with E-state index in [0.717, 1.165) is 0 Å². The van der Waals surface area contributed by atoms with Crippen molar-refractivity contribution < 1.29 is 18.7 Å². The normalized spacial score (nSPS) is 12.3. The molecule has 0 saturated heterocycles. The Bertz CT molecular complexity index is 733. The number of hydrogen-bond acceptors (Lipinski definition) is 3. The van der Waals surface area contributed by atoms with Gasteiger partial charge in [0.1, 0.15) is 5.82 Å². The largest absolute Gasteiger partial charge is 0.454 e. The van der Waals surface area contributed by atoms with Crippen LogP contribution in [0.15, 0.2) is 30.3 Å². The lowest BCUT2D eigenvalue weighted by atomic mass is 10.1. The highest BCUT2D eigenvalue weighted by Gasteiger charge is 2.21. The predicted molar refractivity (Wildman–Crippen MR) is 76.7 cm³/mol. The summed E-state index contributed by atoms with van der Waals surface area (Å²) in [6.07, 6.45) is 0. The minimum Gasteiger partial charge on any atom is -0.454 e. The first-order chi connectivity index (χ1) is 10.0. The first-order valence-electron chi connectivity index (χ1n) is 6.21. The van der Waals surface area contributed by atoms with Crippen LogP contribution in [-0.4, -0.2) is 12.7 Å². The van der Waals surface area contributed by atoms with Crippen LogP contribution in [0.2, 0.25) is 5.02 Å². The lowest BCUT2D eigenvalue weighted by molar-refractivity contribution is 0.102. The van der Waals surface area contributed by atoms with Crippen LogP contribution in [0.4, 0.5) is 10.1 Å². The van der Waals surface area contributed by atoms with Crippen LogP contribution >= 0.6 is 11.6 Å². The van der Waals surface area contributed by atoms with Crippen LogP contribution in [0.3, 0.4) is 0 Å². The highest BCUT2D eigenvalue weighted by molar-refractivity contribution is 6.32. The van der Waals surface area contributed by atoms with E-state index in [1.54, 1.807) is 13.0 Å². The molecule has 6 heteroatoms. The van der Waals surface area contributed by atoms with E-state index in [4.69, 9.17) is 21.1 Å². The number of hydrogen-bond donors (Lipinski definition) is 1. The molecule has 0 aromatic heterocycles. The van der Waals surface area contributed by atoms with Gasteiger partial charge in [-0.25, -0.2) is 4.39 Å². The third-order valence-corrected chi connectivity index (χ3v) is 3.41. The zero-order valence-corrected chi connectivity index (χ0v) is 11.8. The van der Waals surface area contributed by atoms with E-state index >= 15 is 0 Å². The quantitative estimate of drug-likeness (QED) is 0.918. The monoisotopic (exact) mass is 307 g/mol. The molecule has 1 aliphatic rings. The summed E-state index contributed by atoms with van der Waals surface area (Å²) in [5.74, 6) is 0.163. The Morgan fingerprint density at radius 1 is 1.29 bits per heavy atom. The number of fused-ring (bicyclic) bond motifs is 1. The summed E-state index contributed by atoms with van der Waals surface area (Å²) in [5.41, 5.74) is 1.51. The van der Waals surface area contributed by atoms with Crippen molar-refractivity contribution in [2.45, 2.75) is 6.92 Å².